The monoisotopic (exact) mass is 391 g/mol. The van der Waals surface area contributed by atoms with Gasteiger partial charge in [-0.05, 0) is 57.1 Å². The number of piperidine rings is 1. The number of fused-ring (bicyclic) bond motifs is 1. The molecule has 0 amide bonds. The minimum atomic E-state index is -0.0624. The van der Waals surface area contributed by atoms with Crippen LogP contribution in [0.5, 0.6) is 0 Å². The highest BCUT2D eigenvalue weighted by molar-refractivity contribution is 5.51. The van der Waals surface area contributed by atoms with Crippen LogP contribution >= 0.6 is 0 Å². The highest BCUT2D eigenvalue weighted by Gasteiger charge is 2.26. The molecule has 5 rings (SSSR count). The summed E-state index contributed by atoms with van der Waals surface area (Å²) in [7, 11) is 0. The Kier molecular flexibility index (Phi) is 4.61. The van der Waals surface area contributed by atoms with Crippen LogP contribution in [0.2, 0.25) is 0 Å². The first-order chi connectivity index (χ1) is 14.2. The average molecular weight is 391 g/mol. The van der Waals surface area contributed by atoms with Crippen LogP contribution in [0, 0.1) is 12.8 Å². The van der Waals surface area contributed by atoms with Crippen molar-refractivity contribution in [1.82, 2.24) is 29.5 Å². The molecule has 0 saturated carbocycles. The summed E-state index contributed by atoms with van der Waals surface area (Å²) in [5, 5.41) is 8.72. The van der Waals surface area contributed by atoms with Gasteiger partial charge in [0.15, 0.2) is 5.82 Å². The molecule has 3 aromatic rings. The maximum Gasteiger partial charge on any atom is 0.266 e. The summed E-state index contributed by atoms with van der Waals surface area (Å²) in [5.74, 6) is 3.10. The Morgan fingerprint density at radius 3 is 2.79 bits per heavy atom. The van der Waals surface area contributed by atoms with Crippen molar-refractivity contribution in [2.45, 2.75) is 45.6 Å². The lowest BCUT2D eigenvalue weighted by Gasteiger charge is -2.34. The van der Waals surface area contributed by atoms with Gasteiger partial charge in [0.1, 0.15) is 11.6 Å². The first-order valence-corrected chi connectivity index (χ1v) is 10.4. The fraction of sp³-hybridized carbons (Fsp3) is 0.476. The van der Waals surface area contributed by atoms with Crippen LogP contribution in [0.25, 0.3) is 5.82 Å². The second-order valence-electron chi connectivity index (χ2n) is 7.97. The lowest BCUT2D eigenvalue weighted by Crippen LogP contribution is -2.38. The number of hydrogen-bond donors (Lipinski definition) is 0. The van der Waals surface area contributed by atoms with Crippen molar-refractivity contribution in [3.8, 4) is 5.82 Å². The zero-order valence-electron chi connectivity index (χ0n) is 16.7. The van der Waals surface area contributed by atoms with E-state index < -0.39 is 0 Å². The van der Waals surface area contributed by atoms with Crippen molar-refractivity contribution >= 4 is 5.82 Å². The molecule has 0 spiro atoms. The number of rotatable bonds is 4. The molecule has 4 heterocycles. The molecular weight excluding hydrogens is 366 g/mol. The van der Waals surface area contributed by atoms with Crippen molar-refractivity contribution in [3.63, 3.8) is 0 Å². The van der Waals surface area contributed by atoms with Crippen LogP contribution in [0.4, 0.5) is 5.82 Å². The summed E-state index contributed by atoms with van der Waals surface area (Å²) in [5.41, 5.74) is 2.52. The number of aromatic nitrogens is 6. The fourth-order valence-corrected chi connectivity index (χ4v) is 4.46. The molecule has 1 fully saturated rings. The number of aryl methyl sites for hydroxylation is 2. The van der Waals surface area contributed by atoms with Gasteiger partial charge in [0.2, 0.25) is 0 Å². The van der Waals surface area contributed by atoms with Crippen LogP contribution < -0.4 is 10.5 Å². The molecule has 8 nitrogen and oxygen atoms in total. The third-order valence-electron chi connectivity index (χ3n) is 5.96. The van der Waals surface area contributed by atoms with Gasteiger partial charge in [0.05, 0.1) is 0 Å². The molecule has 0 bridgehead atoms. The van der Waals surface area contributed by atoms with E-state index >= 15 is 0 Å². The summed E-state index contributed by atoms with van der Waals surface area (Å²) >= 11 is 0. The van der Waals surface area contributed by atoms with E-state index in [9.17, 15) is 4.79 Å². The van der Waals surface area contributed by atoms with Gasteiger partial charge in [0.25, 0.3) is 5.56 Å². The summed E-state index contributed by atoms with van der Waals surface area (Å²) in [4.78, 5) is 24.1. The molecule has 2 aliphatic rings. The van der Waals surface area contributed by atoms with E-state index in [1.807, 2.05) is 19.2 Å². The first kappa shape index (κ1) is 18.0. The van der Waals surface area contributed by atoms with Crippen LogP contribution in [0.15, 0.2) is 35.4 Å². The zero-order chi connectivity index (χ0) is 19.8. The quantitative estimate of drug-likeness (QED) is 0.676. The molecule has 29 heavy (non-hydrogen) atoms. The van der Waals surface area contributed by atoms with E-state index in [4.69, 9.17) is 4.98 Å². The van der Waals surface area contributed by atoms with Crippen molar-refractivity contribution in [3.05, 3.63) is 58.0 Å². The standard InChI is InChI=1S/C21H25N7O/c1-15-23-18-5-2-4-17(18)21(24-15)26-12-8-16(9-13-26)14-28-20(29)7-6-19(25-28)27-11-3-10-22-27/h3,6-7,10-11,16H,2,4-5,8-9,12-14H2,1H3. The smallest absolute Gasteiger partial charge is 0.266 e. The van der Waals surface area contributed by atoms with Gasteiger partial charge < -0.3 is 4.90 Å². The Morgan fingerprint density at radius 1 is 1.14 bits per heavy atom. The molecule has 0 radical (unpaired) electrons. The van der Waals surface area contributed by atoms with Gasteiger partial charge in [0, 0.05) is 49.4 Å². The lowest BCUT2D eigenvalue weighted by atomic mass is 9.96. The van der Waals surface area contributed by atoms with Gasteiger partial charge in [-0.15, -0.1) is 5.10 Å². The predicted molar refractivity (Wildman–Crippen MR) is 109 cm³/mol. The van der Waals surface area contributed by atoms with Crippen LogP contribution in [0.1, 0.15) is 36.3 Å². The Hall–Kier alpha value is -3.03. The third-order valence-corrected chi connectivity index (χ3v) is 5.96. The van der Waals surface area contributed by atoms with E-state index in [2.05, 4.69) is 20.1 Å². The molecule has 1 aliphatic carbocycles. The molecule has 0 unspecified atom stereocenters. The van der Waals surface area contributed by atoms with Gasteiger partial charge in [-0.3, -0.25) is 4.79 Å². The Bertz CT molecular complexity index is 1070. The largest absolute Gasteiger partial charge is 0.356 e. The maximum absolute atomic E-state index is 12.3. The summed E-state index contributed by atoms with van der Waals surface area (Å²) in [6.45, 7) is 4.55. The van der Waals surface area contributed by atoms with Crippen molar-refractivity contribution in [2.75, 3.05) is 18.0 Å². The normalized spacial score (nSPS) is 16.9. The Morgan fingerprint density at radius 2 is 2.00 bits per heavy atom. The number of anilines is 1. The van der Waals surface area contributed by atoms with Crippen LogP contribution in [-0.4, -0.2) is 42.6 Å². The molecule has 1 saturated heterocycles. The summed E-state index contributed by atoms with van der Waals surface area (Å²) in [6.07, 6.45) is 8.93. The van der Waals surface area contributed by atoms with Gasteiger partial charge >= 0.3 is 0 Å². The second-order valence-corrected chi connectivity index (χ2v) is 7.97. The highest BCUT2D eigenvalue weighted by Crippen LogP contribution is 2.31. The van der Waals surface area contributed by atoms with E-state index in [-0.39, 0.29) is 5.56 Å². The molecule has 0 aromatic carbocycles. The predicted octanol–water partition coefficient (Wildman–Crippen LogP) is 1.93. The topological polar surface area (TPSA) is 81.7 Å². The average Bonchev–Trinajstić information content (AvgIpc) is 3.41. The number of hydrogen-bond acceptors (Lipinski definition) is 6. The van der Waals surface area contributed by atoms with Gasteiger partial charge in [-0.1, -0.05) is 0 Å². The lowest BCUT2D eigenvalue weighted by molar-refractivity contribution is 0.333. The minimum Gasteiger partial charge on any atom is -0.356 e. The molecule has 0 N–H and O–H groups in total. The van der Waals surface area contributed by atoms with E-state index in [1.165, 1.54) is 17.7 Å². The van der Waals surface area contributed by atoms with Crippen molar-refractivity contribution in [1.29, 1.82) is 0 Å². The van der Waals surface area contributed by atoms with E-state index in [0.29, 0.717) is 18.3 Å². The van der Waals surface area contributed by atoms with Crippen molar-refractivity contribution < 1.29 is 0 Å². The third kappa shape index (κ3) is 3.54. The molecule has 8 heteroatoms. The fourth-order valence-electron chi connectivity index (χ4n) is 4.46. The zero-order valence-corrected chi connectivity index (χ0v) is 16.7. The summed E-state index contributed by atoms with van der Waals surface area (Å²) < 4.78 is 3.26. The second kappa shape index (κ2) is 7.42. The van der Waals surface area contributed by atoms with Crippen LogP contribution in [0.3, 0.4) is 0 Å². The number of nitrogens with zero attached hydrogens (tertiary/aromatic N) is 7. The maximum atomic E-state index is 12.3. The highest BCUT2D eigenvalue weighted by atomic mass is 16.1. The van der Waals surface area contributed by atoms with Crippen LogP contribution in [-0.2, 0) is 19.4 Å². The Labute approximate surface area is 169 Å². The molecule has 150 valence electrons. The van der Waals surface area contributed by atoms with Crippen molar-refractivity contribution in [2.24, 2.45) is 5.92 Å². The van der Waals surface area contributed by atoms with E-state index in [0.717, 1.165) is 50.4 Å². The molecular formula is C21H25N7O. The molecule has 0 atom stereocenters. The first-order valence-electron chi connectivity index (χ1n) is 10.4. The SMILES string of the molecule is Cc1nc2c(c(N3CCC(Cn4nc(-n5cccn5)ccc4=O)CC3)n1)CCC2. The van der Waals surface area contributed by atoms with Gasteiger partial charge in [-0.2, -0.15) is 5.10 Å². The summed E-state index contributed by atoms with van der Waals surface area (Å²) in [6, 6.07) is 5.14. The molecule has 3 aromatic heterocycles. The Balaban J connectivity index is 1.29. The minimum absolute atomic E-state index is 0.0624. The van der Waals surface area contributed by atoms with E-state index in [1.54, 1.807) is 27.7 Å². The molecule has 1 aliphatic heterocycles. The van der Waals surface area contributed by atoms with Gasteiger partial charge in [-0.25, -0.2) is 19.3 Å².